The molecule has 0 aliphatic heterocycles. The molecule has 1 atom stereocenters. The summed E-state index contributed by atoms with van der Waals surface area (Å²) >= 11 is 1.70. The molecule has 0 spiro atoms. The monoisotopic (exact) mass is 280 g/mol. The predicted octanol–water partition coefficient (Wildman–Crippen LogP) is 3.07. The Morgan fingerprint density at radius 1 is 1.16 bits per heavy atom. The fourth-order valence-electron chi connectivity index (χ4n) is 2.53. The molecule has 2 nitrogen and oxygen atoms in total. The van der Waals surface area contributed by atoms with Gasteiger partial charge in [-0.25, -0.2) is 14.2 Å². The Kier molecular flexibility index (Phi) is 3.35. The number of hydrogen-bond acceptors (Lipinski definition) is 3. The van der Waals surface area contributed by atoms with Gasteiger partial charge in [-0.3, -0.25) is 5.84 Å². The van der Waals surface area contributed by atoms with E-state index in [1.807, 2.05) is 0 Å². The second kappa shape index (κ2) is 5.00. The Morgan fingerprint density at radius 2 is 2.00 bits per heavy atom. The molecule has 1 aromatic carbocycles. The number of halogens is 2. The lowest BCUT2D eigenvalue weighted by atomic mass is 10.0. The van der Waals surface area contributed by atoms with E-state index < -0.39 is 11.6 Å². The maximum atomic E-state index is 13.3. The second-order valence-electron chi connectivity index (χ2n) is 4.72. The molecular formula is C14H14F2N2S. The van der Waals surface area contributed by atoms with Crippen LogP contribution < -0.4 is 11.3 Å². The topological polar surface area (TPSA) is 38.0 Å². The van der Waals surface area contributed by atoms with E-state index in [4.69, 9.17) is 5.84 Å². The lowest BCUT2D eigenvalue weighted by molar-refractivity contribution is 0.504. The van der Waals surface area contributed by atoms with Crippen LogP contribution in [0.4, 0.5) is 8.78 Å². The van der Waals surface area contributed by atoms with Gasteiger partial charge in [0.15, 0.2) is 11.6 Å². The zero-order chi connectivity index (χ0) is 13.4. The average Bonchev–Trinajstić information content (AvgIpc) is 2.95. The van der Waals surface area contributed by atoms with Crippen LogP contribution in [0.15, 0.2) is 24.3 Å². The van der Waals surface area contributed by atoms with Crippen molar-refractivity contribution < 1.29 is 8.78 Å². The average molecular weight is 280 g/mol. The first-order valence-electron chi connectivity index (χ1n) is 6.21. The summed E-state index contributed by atoms with van der Waals surface area (Å²) in [5, 5.41) is 0. The summed E-state index contributed by atoms with van der Waals surface area (Å²) in [5.74, 6) is 3.90. The number of thiophene rings is 1. The third kappa shape index (κ3) is 2.29. The number of benzene rings is 1. The van der Waals surface area contributed by atoms with Gasteiger partial charge in [-0.15, -0.1) is 11.3 Å². The normalized spacial score (nSPS) is 15.5. The zero-order valence-electron chi connectivity index (χ0n) is 10.2. The van der Waals surface area contributed by atoms with Crippen LogP contribution in [0.3, 0.4) is 0 Å². The first kappa shape index (κ1) is 12.7. The zero-order valence-corrected chi connectivity index (χ0v) is 11.1. The molecule has 100 valence electrons. The maximum Gasteiger partial charge on any atom is 0.159 e. The molecule has 5 heteroatoms. The van der Waals surface area contributed by atoms with Gasteiger partial charge < -0.3 is 0 Å². The summed E-state index contributed by atoms with van der Waals surface area (Å²) in [5.41, 5.74) is 4.70. The van der Waals surface area contributed by atoms with Gasteiger partial charge in [-0.05, 0) is 48.6 Å². The molecule has 1 aliphatic rings. The van der Waals surface area contributed by atoms with Crippen molar-refractivity contribution in [2.45, 2.75) is 25.3 Å². The van der Waals surface area contributed by atoms with Crippen LogP contribution >= 0.6 is 11.3 Å². The van der Waals surface area contributed by atoms with Crippen molar-refractivity contribution >= 4 is 11.3 Å². The van der Waals surface area contributed by atoms with Gasteiger partial charge in [0.2, 0.25) is 0 Å². The van der Waals surface area contributed by atoms with Crippen LogP contribution in [-0.2, 0) is 12.8 Å². The fraction of sp³-hybridized carbons (Fsp3) is 0.286. The molecule has 0 saturated carbocycles. The summed E-state index contributed by atoms with van der Waals surface area (Å²) in [6, 6.07) is 5.73. The highest BCUT2D eigenvalue weighted by molar-refractivity contribution is 7.12. The molecule has 1 unspecified atom stereocenters. The minimum atomic E-state index is -0.846. The van der Waals surface area contributed by atoms with E-state index in [1.165, 1.54) is 22.9 Å². The van der Waals surface area contributed by atoms with Crippen molar-refractivity contribution in [1.82, 2.24) is 5.43 Å². The van der Waals surface area contributed by atoms with Crippen molar-refractivity contribution in [1.29, 1.82) is 0 Å². The Hall–Kier alpha value is -1.30. The molecule has 1 heterocycles. The lowest BCUT2D eigenvalue weighted by Crippen LogP contribution is -2.28. The molecule has 0 fully saturated rings. The minimum absolute atomic E-state index is 0.286. The molecule has 3 N–H and O–H groups in total. The van der Waals surface area contributed by atoms with Gasteiger partial charge in [0.25, 0.3) is 0 Å². The Labute approximate surface area is 114 Å². The summed E-state index contributed by atoms with van der Waals surface area (Å²) in [4.78, 5) is 2.44. The van der Waals surface area contributed by atoms with Crippen molar-refractivity contribution in [3.63, 3.8) is 0 Å². The smallest absolute Gasteiger partial charge is 0.159 e. The number of rotatable bonds is 3. The standard InChI is InChI=1S/C14H14F2N2S/c15-10-5-4-9(6-11(10)16)14(18-17)13-7-8-2-1-3-12(8)19-13/h4-7,14,18H,1-3,17H2. The maximum absolute atomic E-state index is 13.3. The molecule has 1 aliphatic carbocycles. The summed E-state index contributed by atoms with van der Waals surface area (Å²) in [7, 11) is 0. The van der Waals surface area contributed by atoms with Gasteiger partial charge in [-0.1, -0.05) is 6.07 Å². The Balaban J connectivity index is 1.96. The number of aryl methyl sites for hydroxylation is 2. The van der Waals surface area contributed by atoms with Crippen LogP contribution in [0.2, 0.25) is 0 Å². The SMILES string of the molecule is NNC(c1ccc(F)c(F)c1)c1cc2c(s1)CCC2. The van der Waals surface area contributed by atoms with Gasteiger partial charge in [0, 0.05) is 9.75 Å². The van der Waals surface area contributed by atoms with Gasteiger partial charge in [0.1, 0.15) is 0 Å². The molecule has 0 bridgehead atoms. The van der Waals surface area contributed by atoms with Crippen molar-refractivity contribution in [2.24, 2.45) is 5.84 Å². The Bertz CT molecular complexity index is 588. The molecule has 2 aromatic rings. The first-order chi connectivity index (χ1) is 9.19. The van der Waals surface area contributed by atoms with Crippen molar-refractivity contribution in [3.05, 3.63) is 56.8 Å². The second-order valence-corrected chi connectivity index (χ2v) is 5.89. The van der Waals surface area contributed by atoms with Crippen molar-refractivity contribution in [3.8, 4) is 0 Å². The number of nitrogens with two attached hydrogens (primary N) is 1. The van der Waals surface area contributed by atoms with Gasteiger partial charge in [-0.2, -0.15) is 0 Å². The van der Waals surface area contributed by atoms with E-state index in [0.29, 0.717) is 5.56 Å². The largest absolute Gasteiger partial charge is 0.271 e. The first-order valence-corrected chi connectivity index (χ1v) is 7.03. The van der Waals surface area contributed by atoms with Crippen LogP contribution in [0.5, 0.6) is 0 Å². The lowest BCUT2D eigenvalue weighted by Gasteiger charge is -2.15. The summed E-state index contributed by atoms with van der Waals surface area (Å²) in [6.07, 6.45) is 3.41. The molecule has 0 saturated heterocycles. The molecule has 19 heavy (non-hydrogen) atoms. The van der Waals surface area contributed by atoms with Gasteiger partial charge >= 0.3 is 0 Å². The van der Waals surface area contributed by atoms with E-state index in [1.54, 1.807) is 17.4 Å². The highest BCUT2D eigenvalue weighted by atomic mass is 32.1. The number of hydrogen-bond donors (Lipinski definition) is 2. The molecule has 0 amide bonds. The quantitative estimate of drug-likeness (QED) is 0.670. The molecule has 3 rings (SSSR count). The minimum Gasteiger partial charge on any atom is -0.271 e. The van der Waals surface area contributed by atoms with Crippen LogP contribution in [0.25, 0.3) is 0 Å². The summed E-state index contributed by atoms with van der Waals surface area (Å²) < 4.78 is 26.3. The van der Waals surface area contributed by atoms with E-state index in [-0.39, 0.29) is 6.04 Å². The molecule has 1 aromatic heterocycles. The van der Waals surface area contributed by atoms with Crippen LogP contribution in [-0.4, -0.2) is 0 Å². The molecule has 0 radical (unpaired) electrons. The van der Waals surface area contributed by atoms with E-state index in [9.17, 15) is 8.78 Å². The predicted molar refractivity (Wildman–Crippen MR) is 71.9 cm³/mol. The number of hydrazine groups is 1. The fourth-order valence-corrected chi connectivity index (χ4v) is 3.88. The number of nitrogens with one attached hydrogen (secondary N) is 1. The van der Waals surface area contributed by atoms with E-state index >= 15 is 0 Å². The van der Waals surface area contributed by atoms with E-state index in [0.717, 1.165) is 23.8 Å². The van der Waals surface area contributed by atoms with Crippen molar-refractivity contribution in [2.75, 3.05) is 0 Å². The van der Waals surface area contributed by atoms with Gasteiger partial charge in [0.05, 0.1) is 6.04 Å². The van der Waals surface area contributed by atoms with E-state index in [2.05, 4.69) is 11.5 Å². The van der Waals surface area contributed by atoms with Crippen LogP contribution in [0.1, 0.15) is 33.3 Å². The molecular weight excluding hydrogens is 266 g/mol. The number of fused-ring (bicyclic) bond motifs is 1. The van der Waals surface area contributed by atoms with Crippen LogP contribution in [0, 0.1) is 11.6 Å². The highest BCUT2D eigenvalue weighted by Gasteiger charge is 2.21. The summed E-state index contributed by atoms with van der Waals surface area (Å²) in [6.45, 7) is 0. The third-order valence-corrected chi connectivity index (χ3v) is 4.80. The third-order valence-electron chi connectivity index (χ3n) is 3.49. The Morgan fingerprint density at radius 3 is 2.68 bits per heavy atom. The highest BCUT2D eigenvalue weighted by Crippen LogP contribution is 2.36.